The average molecular weight is 603 g/mol. The molecule has 1 heterocycles. The van der Waals surface area contributed by atoms with E-state index in [-0.39, 0.29) is 18.1 Å². The summed E-state index contributed by atoms with van der Waals surface area (Å²) in [5, 5.41) is 21.1. The minimum atomic E-state index is -5.45. The molecule has 5 N–H and O–H groups in total. The van der Waals surface area contributed by atoms with E-state index in [1.165, 1.54) is 10.8 Å². The lowest BCUT2D eigenvalue weighted by molar-refractivity contribution is -0.215. The van der Waals surface area contributed by atoms with Gasteiger partial charge in [0.15, 0.2) is 0 Å². The van der Waals surface area contributed by atoms with Gasteiger partial charge in [-0.15, -0.1) is 14.0 Å². The molecule has 216 valence electrons. The zero-order valence-corrected chi connectivity index (χ0v) is 22.8. The van der Waals surface area contributed by atoms with E-state index in [9.17, 15) is 33.6 Å². The fourth-order valence-electron chi connectivity index (χ4n) is 2.48. The first-order valence-corrected chi connectivity index (χ1v) is 14.1. The van der Waals surface area contributed by atoms with Gasteiger partial charge in [0.25, 0.3) is 5.56 Å². The normalized spacial score (nSPS) is 19.4. The number of nitrogens with zero attached hydrogens (tertiary/aromatic N) is 2. The van der Waals surface area contributed by atoms with Crippen molar-refractivity contribution in [2.75, 3.05) is 40.8 Å². The molecule has 0 aliphatic heterocycles. The van der Waals surface area contributed by atoms with Crippen molar-refractivity contribution in [1.29, 1.82) is 0 Å². The molecule has 0 spiro atoms. The van der Waals surface area contributed by atoms with Crippen LogP contribution >= 0.6 is 23.5 Å². The number of nitrogens with two attached hydrogens (primary N) is 1. The lowest BCUT2D eigenvalue weighted by atomic mass is 10.0. The van der Waals surface area contributed by atoms with Crippen LogP contribution in [0.25, 0.3) is 0 Å². The number of aliphatic hydroxyl groups excluding tert-OH is 2. The Morgan fingerprint density at radius 3 is 2.08 bits per heavy atom. The molecule has 1 rings (SSSR count). The highest BCUT2D eigenvalue weighted by Crippen LogP contribution is 2.71. The number of ether oxygens (including phenoxy) is 1. The van der Waals surface area contributed by atoms with Crippen LogP contribution in [0.4, 0.5) is 5.95 Å². The van der Waals surface area contributed by atoms with Crippen molar-refractivity contribution in [2.45, 2.75) is 31.8 Å². The van der Waals surface area contributed by atoms with E-state index in [2.05, 4.69) is 42.3 Å². The molecule has 0 saturated carbocycles. The van der Waals surface area contributed by atoms with E-state index in [1.54, 1.807) is 6.92 Å². The summed E-state index contributed by atoms with van der Waals surface area (Å²) >= 11 is 0. The molecule has 0 saturated heterocycles. The van der Waals surface area contributed by atoms with Gasteiger partial charge in [0, 0.05) is 19.9 Å². The van der Waals surface area contributed by atoms with Gasteiger partial charge >= 0.3 is 23.5 Å². The second-order valence-corrected chi connectivity index (χ2v) is 11.1. The van der Waals surface area contributed by atoms with Crippen molar-refractivity contribution >= 4 is 29.4 Å². The van der Waals surface area contributed by atoms with E-state index in [0.29, 0.717) is 0 Å². The van der Waals surface area contributed by atoms with Gasteiger partial charge in [-0.2, -0.15) is 13.6 Å². The predicted octanol–water partition coefficient (Wildman–Crippen LogP) is 0.355. The standard InChI is InChI=1S/C14H28N3O17P3/c1-6-17-7-9(13(20)16-14(17)15)11(18)12(19)10(25-2)8-29-36(23,31-27-4)34-37(24,32-28-5)33-35(21,22)30-26-3/h7,10-12,18-19H,6,8H2,1-5H3,(H,21,22)(H2,15,16,20). The predicted molar refractivity (Wildman–Crippen MR) is 118 cm³/mol. The molecule has 0 bridgehead atoms. The minimum absolute atomic E-state index is 0.132. The summed E-state index contributed by atoms with van der Waals surface area (Å²) in [6.45, 7) is 1.00. The topological polar surface area (TPSA) is 265 Å². The molecule has 0 fully saturated rings. The summed E-state index contributed by atoms with van der Waals surface area (Å²) in [5.41, 5.74) is 4.30. The summed E-state index contributed by atoms with van der Waals surface area (Å²) in [5.74, 6) is -0.132. The lowest BCUT2D eigenvalue weighted by Gasteiger charge is -2.27. The van der Waals surface area contributed by atoms with Crippen LogP contribution in [-0.2, 0) is 66.8 Å². The second kappa shape index (κ2) is 14.9. The highest BCUT2D eigenvalue weighted by atomic mass is 31.3. The summed E-state index contributed by atoms with van der Waals surface area (Å²) in [7, 11) is -12.5. The van der Waals surface area contributed by atoms with Crippen LogP contribution in [-0.4, -0.2) is 71.9 Å². The summed E-state index contributed by atoms with van der Waals surface area (Å²) in [6.07, 6.45) is -4.23. The third kappa shape index (κ3) is 10.2. The molecule has 6 unspecified atom stereocenters. The third-order valence-electron chi connectivity index (χ3n) is 4.02. The molecule has 0 aliphatic carbocycles. The van der Waals surface area contributed by atoms with E-state index in [1.807, 2.05) is 0 Å². The molecule has 6 atom stereocenters. The monoisotopic (exact) mass is 603 g/mol. The number of rotatable bonds is 18. The van der Waals surface area contributed by atoms with Crippen LogP contribution in [0.5, 0.6) is 0 Å². The fraction of sp³-hybridized carbons (Fsp3) is 0.714. The van der Waals surface area contributed by atoms with Gasteiger partial charge in [-0.05, 0) is 6.92 Å². The number of phosphoric acid groups is 3. The van der Waals surface area contributed by atoms with Gasteiger partial charge < -0.3 is 30.1 Å². The number of hydrogen-bond acceptors (Lipinski definition) is 18. The number of aryl methyl sites for hydroxylation is 1. The molecule has 0 aliphatic rings. The lowest BCUT2D eigenvalue weighted by Crippen LogP contribution is -2.39. The number of aromatic nitrogens is 2. The van der Waals surface area contributed by atoms with Gasteiger partial charge in [-0.1, -0.05) is 0 Å². The average Bonchev–Trinajstić information content (AvgIpc) is 2.78. The maximum Gasteiger partial charge on any atom is 0.520 e. The Morgan fingerprint density at radius 1 is 1.00 bits per heavy atom. The van der Waals surface area contributed by atoms with Gasteiger partial charge in [0.1, 0.15) is 18.3 Å². The first-order valence-electron chi connectivity index (χ1n) is 9.73. The van der Waals surface area contributed by atoms with Crippen LogP contribution in [0.15, 0.2) is 11.0 Å². The van der Waals surface area contributed by atoms with Crippen LogP contribution in [0.2, 0.25) is 0 Å². The van der Waals surface area contributed by atoms with E-state index < -0.39 is 53.9 Å². The quantitative estimate of drug-likeness (QED) is 0.100. The molecular weight excluding hydrogens is 575 g/mol. The van der Waals surface area contributed by atoms with Crippen molar-refractivity contribution in [3.8, 4) is 0 Å². The highest BCUT2D eigenvalue weighted by Gasteiger charge is 2.49. The first-order chi connectivity index (χ1) is 17.2. The van der Waals surface area contributed by atoms with Gasteiger partial charge in [-0.3, -0.25) is 9.32 Å². The molecule has 0 amide bonds. The largest absolute Gasteiger partial charge is 0.520 e. The van der Waals surface area contributed by atoms with E-state index in [0.717, 1.165) is 28.4 Å². The Morgan fingerprint density at radius 2 is 1.57 bits per heavy atom. The molecule has 1 aromatic rings. The smallest absolute Gasteiger partial charge is 0.387 e. The van der Waals surface area contributed by atoms with Crippen molar-refractivity contribution in [3.63, 3.8) is 0 Å². The van der Waals surface area contributed by atoms with Crippen molar-refractivity contribution in [3.05, 3.63) is 22.1 Å². The van der Waals surface area contributed by atoms with Crippen LogP contribution in [0.1, 0.15) is 18.6 Å². The Kier molecular flexibility index (Phi) is 13.6. The highest BCUT2D eigenvalue weighted by molar-refractivity contribution is 7.67. The van der Waals surface area contributed by atoms with Crippen LogP contribution in [0, 0.1) is 0 Å². The van der Waals surface area contributed by atoms with Crippen molar-refractivity contribution in [2.24, 2.45) is 0 Å². The van der Waals surface area contributed by atoms with Gasteiger partial charge in [0.2, 0.25) is 5.95 Å². The zero-order valence-electron chi connectivity index (χ0n) is 20.1. The fourth-order valence-corrected chi connectivity index (χ4v) is 6.40. The Labute approximate surface area is 209 Å². The molecular formula is C14H28N3O17P3. The molecule has 37 heavy (non-hydrogen) atoms. The number of hydrogen-bond donors (Lipinski definition) is 4. The number of anilines is 1. The number of nitrogen functional groups attached to an aromatic ring is 1. The summed E-state index contributed by atoms with van der Waals surface area (Å²) < 4.78 is 69.5. The van der Waals surface area contributed by atoms with E-state index >= 15 is 0 Å². The van der Waals surface area contributed by atoms with Crippen LogP contribution in [0.3, 0.4) is 0 Å². The number of methoxy groups -OCH3 is 1. The Bertz CT molecular complexity index is 1070. The minimum Gasteiger partial charge on any atom is -0.387 e. The molecule has 0 radical (unpaired) electrons. The maximum absolute atomic E-state index is 12.9. The van der Waals surface area contributed by atoms with Gasteiger partial charge in [0.05, 0.1) is 33.5 Å². The molecule has 20 nitrogen and oxygen atoms in total. The molecule has 1 aromatic heterocycles. The van der Waals surface area contributed by atoms with Crippen LogP contribution < -0.4 is 11.3 Å². The SMILES string of the molecule is CCn1cc(C(O)C(O)C(COP(=O)(OOC)OP(=O)(OOC)OP(=O)(O)OOC)OC)c(=O)nc1N. The second-order valence-electron chi connectivity index (χ2n) is 6.40. The summed E-state index contributed by atoms with van der Waals surface area (Å²) in [4.78, 5) is 37.4. The Hall–Kier alpha value is -1.15. The Balaban J connectivity index is 3.14. The molecule has 0 aromatic carbocycles. The van der Waals surface area contributed by atoms with Crippen molar-refractivity contribution in [1.82, 2.24) is 9.55 Å². The number of aliphatic hydroxyl groups is 2. The van der Waals surface area contributed by atoms with E-state index in [4.69, 9.17) is 15.0 Å². The molecule has 23 heteroatoms. The van der Waals surface area contributed by atoms with Gasteiger partial charge in [-0.25, -0.2) is 28.4 Å². The third-order valence-corrected chi connectivity index (χ3v) is 8.71. The van der Waals surface area contributed by atoms with Crippen molar-refractivity contribution < 1.29 is 75.4 Å². The zero-order chi connectivity index (χ0) is 28.4. The maximum atomic E-state index is 12.9. The summed E-state index contributed by atoms with van der Waals surface area (Å²) in [6, 6.07) is 0. The first kappa shape index (κ1) is 33.9.